The van der Waals surface area contributed by atoms with Crippen molar-refractivity contribution in [2.75, 3.05) is 66.5 Å². The number of aromatic nitrogens is 10. The van der Waals surface area contributed by atoms with Gasteiger partial charge in [0.05, 0.1) is 65.6 Å². The topological polar surface area (TPSA) is 277 Å². The first-order valence-corrected chi connectivity index (χ1v) is 27.6. The number of nitrogens with zero attached hydrogens (tertiary/aromatic N) is 12. The molecule has 2 fully saturated rings. The number of carbonyl (C=O) groups excluding carboxylic acids is 2. The van der Waals surface area contributed by atoms with E-state index in [1.165, 1.54) is 16.8 Å². The van der Waals surface area contributed by atoms with Crippen molar-refractivity contribution < 1.29 is 26.4 Å². The van der Waals surface area contributed by atoms with E-state index in [1.54, 1.807) is 52.3 Å². The molecule has 2 aromatic carbocycles. The quantitative estimate of drug-likeness (QED) is 0.0764. The number of nitrogens with one attached hydrogen (secondary N) is 6. The Balaban J connectivity index is 0.869. The van der Waals surface area contributed by atoms with Crippen LogP contribution in [0.15, 0.2) is 61.4 Å². The number of hydrogen-bond acceptors (Lipinski definition) is 16. The van der Waals surface area contributed by atoms with E-state index in [0.717, 1.165) is 80.4 Å². The van der Waals surface area contributed by atoms with Crippen molar-refractivity contribution in [3.8, 4) is 0 Å². The van der Waals surface area contributed by atoms with Crippen molar-refractivity contribution in [2.45, 2.75) is 64.0 Å². The predicted molar refractivity (Wildman–Crippen MR) is 278 cm³/mol. The van der Waals surface area contributed by atoms with Crippen molar-refractivity contribution in [1.29, 1.82) is 0 Å². The van der Waals surface area contributed by atoms with Gasteiger partial charge in [-0.15, -0.1) is 0 Å². The molecule has 1 unspecified atom stereocenters. The second-order valence-corrected chi connectivity index (χ2v) is 22.4. The van der Waals surface area contributed by atoms with Crippen LogP contribution in [0.4, 0.5) is 23.0 Å². The monoisotopic (exact) mass is 1030 g/mol. The molecule has 384 valence electrons. The third-order valence-corrected chi connectivity index (χ3v) is 15.3. The van der Waals surface area contributed by atoms with E-state index in [1.807, 2.05) is 38.6 Å². The Labute approximate surface area is 421 Å². The Kier molecular flexibility index (Phi) is 13.4. The average Bonchev–Trinajstić information content (AvgIpc) is 4.20. The Morgan fingerprint density at radius 1 is 0.712 bits per heavy atom. The highest BCUT2D eigenvalue weighted by molar-refractivity contribution is 7.88. The molecule has 8 aromatic rings. The van der Waals surface area contributed by atoms with Gasteiger partial charge in [0, 0.05) is 99.3 Å². The van der Waals surface area contributed by atoms with Gasteiger partial charge in [-0.05, 0) is 64.0 Å². The SMILES string of the molecule is CCNC1CCN(c2ccc(C(=O)Nc3cn4c(CS(=O)(=O)NCc5nc(C)cn6cc(NC(=O)c7ccc(N8CCC(NC)C8)c8cn(C)nc78)nc56)cnc(CNS(C)(=O)=O)c4n3)c3nn(C)cc23)CC1. The minimum atomic E-state index is -4.15. The van der Waals surface area contributed by atoms with Crippen LogP contribution in [0, 0.1) is 6.92 Å². The highest BCUT2D eigenvalue weighted by Crippen LogP contribution is 2.33. The molecular formula is C47H58N18O6S2. The van der Waals surface area contributed by atoms with Gasteiger partial charge in [-0.2, -0.15) is 10.2 Å². The number of anilines is 4. The van der Waals surface area contributed by atoms with Crippen LogP contribution in [-0.4, -0.2) is 135 Å². The van der Waals surface area contributed by atoms with Crippen molar-refractivity contribution in [1.82, 2.24) is 68.4 Å². The minimum Gasteiger partial charge on any atom is -0.371 e. The van der Waals surface area contributed by atoms with Gasteiger partial charge in [0.15, 0.2) is 22.9 Å². The summed E-state index contributed by atoms with van der Waals surface area (Å²) in [6.07, 6.45) is 14.0. The Bertz CT molecular complexity index is 3670. The molecule has 0 radical (unpaired) electrons. The van der Waals surface area contributed by atoms with E-state index in [9.17, 15) is 26.4 Å². The van der Waals surface area contributed by atoms with E-state index in [4.69, 9.17) is 0 Å². The van der Waals surface area contributed by atoms with Gasteiger partial charge in [-0.3, -0.25) is 33.3 Å². The molecule has 24 nitrogen and oxygen atoms in total. The first-order valence-electron chi connectivity index (χ1n) is 24.0. The molecule has 2 saturated heterocycles. The first kappa shape index (κ1) is 49.5. The number of fused-ring (bicyclic) bond motifs is 4. The maximum atomic E-state index is 14.1. The van der Waals surface area contributed by atoms with Gasteiger partial charge in [-0.25, -0.2) is 36.2 Å². The highest BCUT2D eigenvalue weighted by Gasteiger charge is 2.28. The molecule has 0 spiro atoms. The molecule has 2 aliphatic rings. The molecule has 26 heteroatoms. The lowest BCUT2D eigenvalue weighted by atomic mass is 10.0. The zero-order chi connectivity index (χ0) is 51.3. The van der Waals surface area contributed by atoms with Crippen LogP contribution in [0.3, 0.4) is 0 Å². The van der Waals surface area contributed by atoms with Gasteiger partial charge in [0.2, 0.25) is 20.0 Å². The average molecular weight is 1040 g/mol. The maximum absolute atomic E-state index is 14.1. The zero-order valence-electron chi connectivity index (χ0n) is 41.3. The van der Waals surface area contributed by atoms with Crippen molar-refractivity contribution in [2.24, 2.45) is 14.1 Å². The van der Waals surface area contributed by atoms with Crippen molar-refractivity contribution >= 4 is 88.0 Å². The predicted octanol–water partition coefficient (Wildman–Crippen LogP) is 2.40. The summed E-state index contributed by atoms with van der Waals surface area (Å²) in [5.74, 6) is -1.20. The number of rotatable bonds is 17. The fraction of sp³-hybridized carbons (Fsp3) is 0.404. The number of piperidine rings is 1. The second-order valence-electron chi connectivity index (χ2n) is 18.7. The normalized spacial score (nSPS) is 15.9. The van der Waals surface area contributed by atoms with Gasteiger partial charge in [0.1, 0.15) is 16.8 Å². The fourth-order valence-electron chi connectivity index (χ4n) is 9.89. The van der Waals surface area contributed by atoms with Crippen LogP contribution < -0.4 is 40.5 Å². The lowest BCUT2D eigenvalue weighted by Gasteiger charge is -2.34. The van der Waals surface area contributed by atoms with Crippen LogP contribution >= 0.6 is 0 Å². The molecule has 73 heavy (non-hydrogen) atoms. The summed E-state index contributed by atoms with van der Waals surface area (Å²) < 4.78 is 63.7. The molecule has 0 saturated carbocycles. The molecular weight excluding hydrogens is 977 g/mol. The Morgan fingerprint density at radius 3 is 1.92 bits per heavy atom. The molecule has 2 amide bonds. The maximum Gasteiger partial charge on any atom is 0.259 e. The lowest BCUT2D eigenvalue weighted by molar-refractivity contribution is 0.101. The number of aryl methyl sites for hydroxylation is 3. The molecule has 2 aliphatic heterocycles. The van der Waals surface area contributed by atoms with Crippen LogP contribution in [0.5, 0.6) is 0 Å². The summed E-state index contributed by atoms with van der Waals surface area (Å²) >= 11 is 0. The Hall–Kier alpha value is -7.10. The van der Waals surface area contributed by atoms with E-state index < -0.39 is 37.6 Å². The number of sulfonamides is 2. The van der Waals surface area contributed by atoms with Gasteiger partial charge in [0.25, 0.3) is 11.8 Å². The number of benzene rings is 2. The number of carbonyl (C=O) groups is 2. The zero-order valence-corrected chi connectivity index (χ0v) is 43.0. The number of hydrogen-bond donors (Lipinski definition) is 6. The van der Waals surface area contributed by atoms with Crippen LogP contribution in [0.2, 0.25) is 0 Å². The fourth-order valence-corrected chi connectivity index (χ4v) is 11.4. The standard InChI is InChI=1S/C47H58N18O6S2/c1-7-49-29-12-15-62(16-13-29)38-10-8-32(42-34(38)23-60(4)58-42)47(67)57-41-26-65-31(18-50-36(45(65)55-41)19-51-72(6,68)69)27-73(70,71)52-20-37-44-54-40(25-64(44)21-28(2)53-37)56-46(66)33-9-11-39(35-24-61(5)59-43(33)35)63-17-14-30(22-63)48-3/h8-11,18,21,23-26,29-30,48-49,51-52H,7,12-17,19-20,22,27H2,1-6H3,(H,56,66)(H,57,67). The van der Waals surface area contributed by atoms with Crippen LogP contribution in [0.1, 0.15) is 69.7 Å². The van der Waals surface area contributed by atoms with E-state index in [2.05, 4.69) is 77.6 Å². The minimum absolute atomic E-state index is 0.0730. The first-order chi connectivity index (χ1) is 34.9. The Morgan fingerprint density at radius 2 is 1.30 bits per heavy atom. The smallest absolute Gasteiger partial charge is 0.259 e. The summed E-state index contributed by atoms with van der Waals surface area (Å²) in [5, 5.41) is 23.6. The third kappa shape index (κ3) is 10.4. The molecule has 10 rings (SSSR count). The molecule has 1 atom stereocenters. The summed E-state index contributed by atoms with van der Waals surface area (Å²) in [5.41, 5.74) is 5.42. The molecule has 0 bridgehead atoms. The molecule has 6 aromatic heterocycles. The summed E-state index contributed by atoms with van der Waals surface area (Å²) in [7, 11) is -2.23. The second kappa shape index (κ2) is 19.7. The summed E-state index contributed by atoms with van der Waals surface area (Å²) in [6, 6.07) is 8.22. The van der Waals surface area contributed by atoms with E-state index in [-0.39, 0.29) is 41.8 Å². The number of imidazole rings is 2. The van der Waals surface area contributed by atoms with Crippen LogP contribution in [-0.2, 0) is 53.0 Å². The number of amides is 2. The molecule has 6 N–H and O–H groups in total. The van der Waals surface area contributed by atoms with Gasteiger partial charge in [-0.1, -0.05) is 6.92 Å². The molecule has 8 heterocycles. The van der Waals surface area contributed by atoms with Crippen molar-refractivity contribution in [3.63, 3.8) is 0 Å². The van der Waals surface area contributed by atoms with Crippen LogP contribution in [0.25, 0.3) is 33.1 Å². The van der Waals surface area contributed by atoms with E-state index >= 15 is 0 Å². The van der Waals surface area contributed by atoms with Crippen molar-refractivity contribution in [3.05, 3.63) is 95.3 Å². The number of likely N-dealkylation sites (N-methyl/N-ethyl adjacent to an activating group) is 1. The lowest BCUT2D eigenvalue weighted by Crippen LogP contribution is -2.42. The molecule has 0 aliphatic carbocycles. The van der Waals surface area contributed by atoms with Gasteiger partial charge < -0.3 is 35.5 Å². The highest BCUT2D eigenvalue weighted by atomic mass is 32.2. The third-order valence-electron chi connectivity index (χ3n) is 13.3. The van der Waals surface area contributed by atoms with E-state index in [0.29, 0.717) is 51.3 Å². The van der Waals surface area contributed by atoms with Gasteiger partial charge >= 0.3 is 0 Å². The summed E-state index contributed by atoms with van der Waals surface area (Å²) in [4.78, 5) is 50.8. The summed E-state index contributed by atoms with van der Waals surface area (Å²) in [6.45, 7) is 7.71. The largest absolute Gasteiger partial charge is 0.371 e.